The van der Waals surface area contributed by atoms with Crippen molar-refractivity contribution in [2.75, 3.05) is 13.2 Å². The third-order valence-corrected chi connectivity index (χ3v) is 4.63. The van der Waals surface area contributed by atoms with E-state index in [0.29, 0.717) is 13.2 Å². The van der Waals surface area contributed by atoms with Gasteiger partial charge in [0.25, 0.3) is 0 Å². The number of para-hydroxylation sites is 1. The maximum Gasteiger partial charge on any atom is 0.407 e. The van der Waals surface area contributed by atoms with Gasteiger partial charge in [-0.15, -0.1) is 0 Å². The molecular weight excluding hydrogens is 340 g/mol. The van der Waals surface area contributed by atoms with Gasteiger partial charge in [0.05, 0.1) is 6.61 Å². The molecule has 1 aromatic heterocycles. The van der Waals surface area contributed by atoms with Crippen molar-refractivity contribution in [3.63, 3.8) is 0 Å². The number of hydrogen-bond donors (Lipinski definition) is 1. The smallest absolute Gasteiger partial charge is 0.407 e. The van der Waals surface area contributed by atoms with Crippen LogP contribution in [-0.2, 0) is 4.74 Å². The zero-order valence-electron chi connectivity index (χ0n) is 16.8. The number of ether oxygens (including phenoxy) is 2. The molecule has 1 N–H and O–H groups in total. The Labute approximate surface area is 161 Å². The Morgan fingerprint density at radius 2 is 2.07 bits per heavy atom. The van der Waals surface area contributed by atoms with Gasteiger partial charge in [-0.1, -0.05) is 18.2 Å². The third kappa shape index (κ3) is 4.59. The molecule has 0 radical (unpaired) electrons. The summed E-state index contributed by atoms with van der Waals surface area (Å²) in [5.41, 5.74) is 4.93. The molecule has 3 rings (SSSR count). The zero-order chi connectivity index (χ0) is 19.6. The number of hydrogen-bond acceptors (Lipinski definition) is 4. The second kappa shape index (κ2) is 7.59. The predicted octanol–water partition coefficient (Wildman–Crippen LogP) is 4.76. The maximum atomic E-state index is 12.0. The van der Waals surface area contributed by atoms with Crippen molar-refractivity contribution < 1.29 is 14.3 Å². The highest BCUT2D eigenvalue weighted by Crippen LogP contribution is 2.41. The highest BCUT2D eigenvalue weighted by molar-refractivity contribution is 5.75. The van der Waals surface area contributed by atoms with E-state index >= 15 is 0 Å². The minimum absolute atomic E-state index is 0.194. The number of carbonyl (C=O) groups excluding carboxylic acids is 1. The third-order valence-electron chi connectivity index (χ3n) is 4.63. The number of pyridine rings is 1. The van der Waals surface area contributed by atoms with Crippen LogP contribution < -0.4 is 10.1 Å². The molecule has 0 aliphatic carbocycles. The second-order valence-corrected chi connectivity index (χ2v) is 8.08. The highest BCUT2D eigenvalue weighted by atomic mass is 16.6. The predicted molar refractivity (Wildman–Crippen MR) is 106 cm³/mol. The molecule has 1 aliphatic rings. The van der Waals surface area contributed by atoms with Crippen LogP contribution in [0.25, 0.3) is 11.1 Å². The highest BCUT2D eigenvalue weighted by Gasteiger charge is 2.26. The molecule has 0 fully saturated rings. The second-order valence-electron chi connectivity index (χ2n) is 8.08. The molecule has 2 heterocycles. The quantitative estimate of drug-likeness (QED) is 0.849. The number of rotatable bonds is 3. The lowest BCUT2D eigenvalue weighted by molar-refractivity contribution is 0.0521. The minimum Gasteiger partial charge on any atom is -0.493 e. The summed E-state index contributed by atoms with van der Waals surface area (Å²) < 4.78 is 11.4. The lowest BCUT2D eigenvalue weighted by atomic mass is 9.89. The van der Waals surface area contributed by atoms with Crippen molar-refractivity contribution in [2.24, 2.45) is 0 Å². The summed E-state index contributed by atoms with van der Waals surface area (Å²) >= 11 is 0. The first kappa shape index (κ1) is 19.2. The van der Waals surface area contributed by atoms with Gasteiger partial charge in [-0.2, -0.15) is 0 Å². The maximum absolute atomic E-state index is 12.0. The number of nitrogens with zero attached hydrogens (tertiary/aromatic N) is 1. The minimum atomic E-state index is -0.499. The number of amides is 1. The average molecular weight is 368 g/mol. The summed E-state index contributed by atoms with van der Waals surface area (Å²) in [5.74, 6) is 1.09. The Bertz CT molecular complexity index is 840. The fourth-order valence-corrected chi connectivity index (χ4v) is 3.42. The molecule has 0 spiro atoms. The van der Waals surface area contributed by atoms with Crippen molar-refractivity contribution in [2.45, 2.75) is 52.6 Å². The lowest BCUT2D eigenvalue weighted by Crippen LogP contribution is -2.35. The number of carbonyl (C=O) groups is 1. The van der Waals surface area contributed by atoms with Gasteiger partial charge in [0.2, 0.25) is 0 Å². The molecule has 0 saturated carbocycles. The molecule has 0 saturated heterocycles. The number of benzene rings is 1. The number of aromatic nitrogens is 1. The van der Waals surface area contributed by atoms with Gasteiger partial charge in [-0.05, 0) is 58.2 Å². The Morgan fingerprint density at radius 3 is 2.78 bits per heavy atom. The van der Waals surface area contributed by atoms with Gasteiger partial charge in [-0.3, -0.25) is 4.98 Å². The zero-order valence-corrected chi connectivity index (χ0v) is 16.8. The number of fused-ring (bicyclic) bond motifs is 1. The Hall–Kier alpha value is -2.56. The number of alkyl carbamates (subject to hydrolysis) is 1. The van der Waals surface area contributed by atoms with Crippen molar-refractivity contribution in [3.8, 4) is 16.9 Å². The summed E-state index contributed by atoms with van der Waals surface area (Å²) in [6, 6.07) is 8.28. The molecule has 1 amide bonds. The van der Waals surface area contributed by atoms with Gasteiger partial charge in [0.1, 0.15) is 11.4 Å². The summed E-state index contributed by atoms with van der Waals surface area (Å²) in [6.45, 7) is 10.8. The summed E-state index contributed by atoms with van der Waals surface area (Å²) in [6.07, 6.45) is 2.38. The topological polar surface area (TPSA) is 60.5 Å². The van der Waals surface area contributed by atoms with Crippen LogP contribution in [0.1, 0.15) is 49.9 Å². The van der Waals surface area contributed by atoms with E-state index in [-0.39, 0.29) is 12.0 Å². The Morgan fingerprint density at radius 1 is 1.30 bits per heavy atom. The average Bonchev–Trinajstić information content (AvgIpc) is 2.58. The Kier molecular flexibility index (Phi) is 5.40. The van der Waals surface area contributed by atoms with Gasteiger partial charge in [-0.25, -0.2) is 4.79 Å². The molecule has 5 nitrogen and oxygen atoms in total. The van der Waals surface area contributed by atoms with Gasteiger partial charge in [0, 0.05) is 35.5 Å². The largest absolute Gasteiger partial charge is 0.493 e. The SMILES string of the molecule is Cc1cc(C)c(-c2cccc3c2OCC[C@H]3CNC(=O)OC(C)(C)C)cn1. The van der Waals surface area contributed by atoms with Gasteiger partial charge < -0.3 is 14.8 Å². The first-order chi connectivity index (χ1) is 12.7. The van der Waals surface area contributed by atoms with Crippen LogP contribution in [0.3, 0.4) is 0 Å². The van der Waals surface area contributed by atoms with Crippen LogP contribution in [0.5, 0.6) is 5.75 Å². The standard InChI is InChI=1S/C22H28N2O3/c1-14-11-15(2)23-13-19(14)18-8-6-7-17-16(9-10-26-20(17)18)12-24-21(25)27-22(3,4)5/h6-8,11,13,16H,9-10,12H2,1-5H3,(H,24,25)/t16-/m0/s1. The molecule has 0 unspecified atom stereocenters. The van der Waals surface area contributed by atoms with Crippen LogP contribution in [0.2, 0.25) is 0 Å². The van der Waals surface area contributed by atoms with E-state index in [1.54, 1.807) is 0 Å². The van der Waals surface area contributed by atoms with Crippen LogP contribution in [0.15, 0.2) is 30.5 Å². The van der Waals surface area contributed by atoms with E-state index < -0.39 is 5.60 Å². The van der Waals surface area contributed by atoms with Crippen LogP contribution in [0.4, 0.5) is 4.79 Å². The van der Waals surface area contributed by atoms with Crippen molar-refractivity contribution in [3.05, 3.63) is 47.3 Å². The summed E-state index contributed by atoms with van der Waals surface area (Å²) in [4.78, 5) is 16.5. The van der Waals surface area contributed by atoms with E-state index in [9.17, 15) is 4.79 Å². The molecule has 1 aliphatic heterocycles. The first-order valence-electron chi connectivity index (χ1n) is 9.41. The molecule has 1 aromatic carbocycles. The van der Waals surface area contributed by atoms with Crippen molar-refractivity contribution >= 4 is 6.09 Å². The molecular formula is C22H28N2O3. The number of aryl methyl sites for hydroxylation is 2. The van der Waals surface area contributed by atoms with E-state index in [1.165, 1.54) is 5.56 Å². The molecule has 0 bridgehead atoms. The molecule has 1 atom stereocenters. The lowest BCUT2D eigenvalue weighted by Gasteiger charge is -2.28. The fraction of sp³-hybridized carbons (Fsp3) is 0.455. The Balaban J connectivity index is 1.83. The van der Waals surface area contributed by atoms with E-state index in [2.05, 4.69) is 35.4 Å². The van der Waals surface area contributed by atoms with Crippen LogP contribution in [-0.4, -0.2) is 29.8 Å². The normalized spacial score (nSPS) is 16.3. The summed E-state index contributed by atoms with van der Waals surface area (Å²) in [5, 5.41) is 2.90. The van der Waals surface area contributed by atoms with Gasteiger partial charge >= 0.3 is 6.09 Å². The molecule has 2 aromatic rings. The van der Waals surface area contributed by atoms with Crippen LogP contribution in [0, 0.1) is 13.8 Å². The van der Waals surface area contributed by atoms with Crippen molar-refractivity contribution in [1.29, 1.82) is 0 Å². The fourth-order valence-electron chi connectivity index (χ4n) is 3.42. The molecule has 144 valence electrons. The molecule has 27 heavy (non-hydrogen) atoms. The molecule has 5 heteroatoms. The number of nitrogens with one attached hydrogen (secondary N) is 1. The van der Waals surface area contributed by atoms with Crippen molar-refractivity contribution in [1.82, 2.24) is 10.3 Å². The van der Waals surface area contributed by atoms with E-state index in [1.807, 2.05) is 40.0 Å². The monoisotopic (exact) mass is 368 g/mol. The first-order valence-corrected chi connectivity index (χ1v) is 9.41. The van der Waals surface area contributed by atoms with Gasteiger partial charge in [0.15, 0.2) is 0 Å². The summed E-state index contributed by atoms with van der Waals surface area (Å²) in [7, 11) is 0. The van der Waals surface area contributed by atoms with Crippen LogP contribution >= 0.6 is 0 Å². The van der Waals surface area contributed by atoms with E-state index in [0.717, 1.165) is 34.6 Å². The van der Waals surface area contributed by atoms with E-state index in [4.69, 9.17) is 9.47 Å².